The highest BCUT2D eigenvalue weighted by Gasteiger charge is 2.19. The molecule has 1 atom stereocenters. The highest BCUT2D eigenvalue weighted by Crippen LogP contribution is 2.28. The van der Waals surface area contributed by atoms with Gasteiger partial charge in [-0.15, -0.1) is 0 Å². The average Bonchev–Trinajstić information content (AvgIpc) is 3.08. The summed E-state index contributed by atoms with van der Waals surface area (Å²) >= 11 is 0. The third-order valence-electron chi connectivity index (χ3n) is 3.95. The zero-order valence-electron chi connectivity index (χ0n) is 18.2. The van der Waals surface area contributed by atoms with E-state index >= 15 is 0 Å². The van der Waals surface area contributed by atoms with Crippen LogP contribution >= 0.6 is 0 Å². The first kappa shape index (κ1) is 22.3. The molecule has 0 unspecified atom stereocenters. The molecule has 2 heterocycles. The Labute approximate surface area is 179 Å². The Balaban J connectivity index is 1.65. The van der Waals surface area contributed by atoms with Crippen molar-refractivity contribution < 1.29 is 27.8 Å². The summed E-state index contributed by atoms with van der Waals surface area (Å²) in [4.78, 5) is 20.2. The molecule has 0 radical (unpaired) electrons. The van der Waals surface area contributed by atoms with Crippen molar-refractivity contribution in [3.05, 3.63) is 36.3 Å². The van der Waals surface area contributed by atoms with Gasteiger partial charge in [-0.05, 0) is 46.8 Å². The number of carbonyl (C=O) groups excluding carboxylic acids is 1. The Morgan fingerprint density at radius 3 is 2.68 bits per heavy atom. The van der Waals surface area contributed by atoms with E-state index in [1.165, 1.54) is 12.3 Å². The molecular weight excluding hydrogens is 405 g/mol. The molecule has 31 heavy (non-hydrogen) atoms. The van der Waals surface area contributed by atoms with Gasteiger partial charge < -0.3 is 23.9 Å². The largest absolute Gasteiger partial charge is 0.494 e. The quantitative estimate of drug-likeness (QED) is 0.578. The highest BCUT2D eigenvalue weighted by molar-refractivity contribution is 5.77. The number of hydrogen-bond acceptors (Lipinski definition) is 7. The van der Waals surface area contributed by atoms with Crippen LogP contribution in [0.15, 0.2) is 34.9 Å². The molecule has 0 aliphatic carbocycles. The number of fused-ring (bicyclic) bond motifs is 1. The smallest absolute Gasteiger partial charge is 0.407 e. The topological polar surface area (TPSA) is 95.7 Å². The number of nitrogens with one attached hydrogen (secondary N) is 1. The highest BCUT2D eigenvalue weighted by atomic mass is 19.1. The van der Waals surface area contributed by atoms with Gasteiger partial charge in [-0.2, -0.15) is 0 Å². The van der Waals surface area contributed by atoms with Gasteiger partial charge in [-0.25, -0.2) is 19.2 Å². The molecule has 1 aromatic carbocycles. The number of ether oxygens (including phenoxy) is 3. The fourth-order valence-corrected chi connectivity index (χ4v) is 2.69. The van der Waals surface area contributed by atoms with Crippen molar-refractivity contribution in [3.8, 4) is 23.1 Å². The Morgan fingerprint density at radius 2 is 2.00 bits per heavy atom. The molecular formula is C22H26FN3O5. The zero-order valence-corrected chi connectivity index (χ0v) is 18.2. The van der Waals surface area contributed by atoms with Crippen LogP contribution < -0.4 is 14.8 Å². The molecule has 0 saturated carbocycles. The first-order chi connectivity index (χ1) is 14.6. The molecule has 1 amide bonds. The van der Waals surface area contributed by atoms with Gasteiger partial charge in [0.05, 0.1) is 18.8 Å². The number of benzene rings is 1. The van der Waals surface area contributed by atoms with Crippen LogP contribution in [0.2, 0.25) is 0 Å². The molecule has 166 valence electrons. The number of halogens is 1. The van der Waals surface area contributed by atoms with E-state index in [-0.39, 0.29) is 30.0 Å². The second-order valence-electron chi connectivity index (χ2n) is 7.94. The summed E-state index contributed by atoms with van der Waals surface area (Å²) in [5.74, 6) is 0.285. The molecule has 0 spiro atoms. The second kappa shape index (κ2) is 9.20. The minimum Gasteiger partial charge on any atom is -0.494 e. The molecule has 2 aromatic heterocycles. The zero-order chi connectivity index (χ0) is 22.6. The summed E-state index contributed by atoms with van der Waals surface area (Å²) in [6.45, 7) is 9.60. The molecule has 1 N–H and O–H groups in total. The van der Waals surface area contributed by atoms with E-state index in [2.05, 4.69) is 15.3 Å². The minimum atomic E-state index is -0.637. The molecule has 0 bridgehead atoms. The van der Waals surface area contributed by atoms with Crippen LogP contribution in [0, 0.1) is 5.82 Å². The van der Waals surface area contributed by atoms with Gasteiger partial charge >= 0.3 is 6.09 Å². The van der Waals surface area contributed by atoms with Gasteiger partial charge in [0, 0.05) is 12.1 Å². The van der Waals surface area contributed by atoms with Crippen molar-refractivity contribution in [1.29, 1.82) is 0 Å². The number of carbonyl (C=O) groups is 1. The van der Waals surface area contributed by atoms with Crippen LogP contribution in [-0.4, -0.2) is 40.9 Å². The fourth-order valence-electron chi connectivity index (χ4n) is 2.69. The monoisotopic (exact) mass is 431 g/mol. The van der Waals surface area contributed by atoms with Gasteiger partial charge in [0.25, 0.3) is 0 Å². The van der Waals surface area contributed by atoms with Crippen LogP contribution in [0.1, 0.15) is 34.6 Å². The third-order valence-corrected chi connectivity index (χ3v) is 3.95. The van der Waals surface area contributed by atoms with Crippen LogP contribution in [0.25, 0.3) is 22.7 Å². The third kappa shape index (κ3) is 6.07. The van der Waals surface area contributed by atoms with Gasteiger partial charge in [-0.3, -0.25) is 0 Å². The maximum atomic E-state index is 14.6. The summed E-state index contributed by atoms with van der Waals surface area (Å²) in [5.41, 5.74) is 0.427. The van der Waals surface area contributed by atoms with Gasteiger partial charge in [-0.1, -0.05) is 0 Å². The molecule has 0 saturated heterocycles. The van der Waals surface area contributed by atoms with Crippen LogP contribution in [0.5, 0.6) is 11.5 Å². The number of pyridine rings is 1. The van der Waals surface area contributed by atoms with Crippen molar-refractivity contribution >= 4 is 17.2 Å². The number of aromatic nitrogens is 2. The van der Waals surface area contributed by atoms with Crippen molar-refractivity contribution in [3.63, 3.8) is 0 Å². The lowest BCUT2D eigenvalue weighted by Crippen LogP contribution is -2.40. The first-order valence-corrected chi connectivity index (χ1v) is 9.96. The van der Waals surface area contributed by atoms with E-state index in [0.29, 0.717) is 23.5 Å². The van der Waals surface area contributed by atoms with Gasteiger partial charge in [0.1, 0.15) is 29.2 Å². The predicted molar refractivity (Wildman–Crippen MR) is 113 cm³/mol. The molecule has 0 aliphatic rings. The van der Waals surface area contributed by atoms with Crippen molar-refractivity contribution in [2.24, 2.45) is 0 Å². The van der Waals surface area contributed by atoms with Crippen molar-refractivity contribution in [2.45, 2.75) is 46.3 Å². The molecule has 3 rings (SSSR count). The first-order valence-electron chi connectivity index (χ1n) is 9.96. The van der Waals surface area contributed by atoms with E-state index in [1.54, 1.807) is 45.9 Å². The molecule has 0 aliphatic heterocycles. The van der Waals surface area contributed by atoms with Crippen LogP contribution in [0.3, 0.4) is 0 Å². The van der Waals surface area contributed by atoms with Crippen LogP contribution in [-0.2, 0) is 4.74 Å². The lowest BCUT2D eigenvalue weighted by atomic mass is 10.2. The summed E-state index contributed by atoms with van der Waals surface area (Å²) in [5, 5.41) is 2.65. The summed E-state index contributed by atoms with van der Waals surface area (Å²) in [6.07, 6.45) is 0.825. The van der Waals surface area contributed by atoms with E-state index in [9.17, 15) is 9.18 Å². The Bertz CT molecular complexity index is 1060. The summed E-state index contributed by atoms with van der Waals surface area (Å²) in [7, 11) is 0. The number of oxazole rings is 1. The lowest BCUT2D eigenvalue weighted by Gasteiger charge is -2.22. The minimum absolute atomic E-state index is 0.0264. The number of alkyl carbamates (subject to hydrolysis) is 1. The lowest BCUT2D eigenvalue weighted by molar-refractivity contribution is 0.0494. The van der Waals surface area contributed by atoms with Gasteiger partial charge in [0.15, 0.2) is 17.1 Å². The van der Waals surface area contributed by atoms with E-state index in [0.717, 1.165) is 0 Å². The molecule has 9 heteroatoms. The summed E-state index contributed by atoms with van der Waals surface area (Å²) in [6, 6.07) is 6.05. The van der Waals surface area contributed by atoms with Crippen LogP contribution in [0.4, 0.5) is 9.18 Å². The fraction of sp³-hybridized carbons (Fsp3) is 0.409. The Kier molecular flexibility index (Phi) is 6.62. The number of nitrogens with zero attached hydrogens (tertiary/aromatic N) is 2. The number of hydrogen-bond donors (Lipinski definition) is 1. The molecule has 8 nitrogen and oxygen atoms in total. The van der Waals surface area contributed by atoms with E-state index in [1.807, 2.05) is 6.92 Å². The maximum Gasteiger partial charge on any atom is 0.407 e. The Morgan fingerprint density at radius 1 is 1.23 bits per heavy atom. The molecule has 3 aromatic rings. The van der Waals surface area contributed by atoms with E-state index in [4.69, 9.17) is 18.6 Å². The average molecular weight is 431 g/mol. The molecule has 0 fully saturated rings. The maximum absolute atomic E-state index is 14.6. The van der Waals surface area contributed by atoms with Crippen molar-refractivity contribution in [2.75, 3.05) is 13.2 Å². The van der Waals surface area contributed by atoms with Crippen molar-refractivity contribution in [1.82, 2.24) is 15.3 Å². The standard InChI is InChI=1S/C22H26FN3O5/c1-6-28-14-7-8-17-18(10-14)30-20(26-17)19-16(23)9-15(11-24-19)29-12-13(2)25-21(27)31-22(3,4)5/h7-11,13H,6,12H2,1-5H3,(H,25,27)/t13-/m0/s1. The number of amides is 1. The SMILES string of the molecule is CCOc1ccc2nc(-c3ncc(OC[C@H](C)NC(=O)OC(C)(C)C)cc3F)oc2c1. The van der Waals surface area contributed by atoms with E-state index < -0.39 is 17.5 Å². The number of rotatable bonds is 7. The predicted octanol–water partition coefficient (Wildman–Crippen LogP) is 4.72. The normalized spacial score (nSPS) is 12.5. The summed E-state index contributed by atoms with van der Waals surface area (Å²) < 4.78 is 36.4. The second-order valence-corrected chi connectivity index (χ2v) is 7.94. The Hall–Kier alpha value is -3.36. The van der Waals surface area contributed by atoms with Gasteiger partial charge in [0.2, 0.25) is 5.89 Å².